The van der Waals surface area contributed by atoms with Crippen LogP contribution in [0.1, 0.15) is 24.5 Å². The van der Waals surface area contributed by atoms with Gasteiger partial charge in [0.1, 0.15) is 5.82 Å². The van der Waals surface area contributed by atoms with Crippen molar-refractivity contribution < 1.29 is 9.18 Å². The Hall–Kier alpha value is -1.87. The Balaban J connectivity index is 1.89. The number of carbonyl (C=O) groups excluding carboxylic acids is 1. The number of benzene rings is 2. The van der Waals surface area contributed by atoms with Gasteiger partial charge in [-0.25, -0.2) is 4.39 Å². The van der Waals surface area contributed by atoms with Crippen LogP contribution in [0.3, 0.4) is 0 Å². The van der Waals surface area contributed by atoms with E-state index in [2.05, 4.69) is 24.4 Å². The average Bonchev–Trinajstić information content (AvgIpc) is 2.48. The molecule has 0 fully saturated rings. The van der Waals surface area contributed by atoms with Gasteiger partial charge >= 0.3 is 0 Å². The summed E-state index contributed by atoms with van der Waals surface area (Å²) >= 11 is 5.87. The van der Waals surface area contributed by atoms with Crippen LogP contribution in [-0.2, 0) is 17.6 Å². The lowest BCUT2D eigenvalue weighted by Crippen LogP contribution is -2.12. The fourth-order valence-electron chi connectivity index (χ4n) is 2.00. The second-order valence-corrected chi connectivity index (χ2v) is 5.25. The van der Waals surface area contributed by atoms with Crippen LogP contribution < -0.4 is 5.32 Å². The molecule has 2 rings (SSSR count). The molecular formula is C17H17ClFNO. The van der Waals surface area contributed by atoms with Gasteiger partial charge in [-0.3, -0.25) is 4.79 Å². The number of hydrogen-bond acceptors (Lipinski definition) is 1. The van der Waals surface area contributed by atoms with Crippen LogP contribution in [0.2, 0.25) is 5.02 Å². The molecule has 0 aliphatic heterocycles. The molecule has 0 bridgehead atoms. The topological polar surface area (TPSA) is 29.1 Å². The molecule has 0 aromatic heterocycles. The Kier molecular flexibility index (Phi) is 5.34. The van der Waals surface area contributed by atoms with E-state index >= 15 is 0 Å². The van der Waals surface area contributed by atoms with Crippen molar-refractivity contribution in [1.29, 1.82) is 0 Å². The number of aryl methyl sites for hydroxylation is 2. The van der Waals surface area contributed by atoms with E-state index in [1.54, 1.807) is 0 Å². The highest BCUT2D eigenvalue weighted by atomic mass is 35.5. The Labute approximate surface area is 128 Å². The highest BCUT2D eigenvalue weighted by Crippen LogP contribution is 2.22. The number of rotatable bonds is 5. The summed E-state index contributed by atoms with van der Waals surface area (Å²) in [5.41, 5.74) is 2.83. The first-order valence-corrected chi connectivity index (χ1v) is 7.29. The minimum atomic E-state index is -0.422. The fourth-order valence-corrected chi connectivity index (χ4v) is 2.22. The molecule has 0 heterocycles. The largest absolute Gasteiger partial charge is 0.325 e. The van der Waals surface area contributed by atoms with Crippen LogP contribution in [0.15, 0.2) is 42.5 Å². The zero-order valence-electron chi connectivity index (χ0n) is 11.8. The number of halogens is 2. The maximum atomic E-state index is 12.9. The molecule has 1 N–H and O–H groups in total. The van der Waals surface area contributed by atoms with Crippen molar-refractivity contribution in [2.45, 2.75) is 26.2 Å². The highest BCUT2D eigenvalue weighted by molar-refractivity contribution is 6.33. The molecule has 2 aromatic carbocycles. The maximum absolute atomic E-state index is 12.9. The van der Waals surface area contributed by atoms with Gasteiger partial charge in [0.25, 0.3) is 0 Å². The highest BCUT2D eigenvalue weighted by Gasteiger charge is 2.07. The van der Waals surface area contributed by atoms with Crippen LogP contribution in [0.5, 0.6) is 0 Å². The molecule has 21 heavy (non-hydrogen) atoms. The lowest BCUT2D eigenvalue weighted by atomic mass is 10.1. The van der Waals surface area contributed by atoms with Gasteiger partial charge < -0.3 is 5.32 Å². The number of anilines is 1. The van der Waals surface area contributed by atoms with Crippen LogP contribution in [-0.4, -0.2) is 5.91 Å². The zero-order chi connectivity index (χ0) is 15.2. The predicted octanol–water partition coefficient (Wildman–Crippen LogP) is 4.61. The number of amides is 1. The van der Waals surface area contributed by atoms with Crippen molar-refractivity contribution in [2.75, 3.05) is 5.32 Å². The van der Waals surface area contributed by atoms with Crippen molar-refractivity contribution in [3.05, 3.63) is 64.4 Å². The van der Waals surface area contributed by atoms with Crippen LogP contribution >= 0.6 is 11.6 Å². The molecule has 0 atom stereocenters. The third-order valence-corrected chi connectivity index (χ3v) is 3.59. The number of carbonyl (C=O) groups is 1. The maximum Gasteiger partial charge on any atom is 0.224 e. The van der Waals surface area contributed by atoms with E-state index in [-0.39, 0.29) is 10.9 Å². The Morgan fingerprint density at radius 3 is 2.43 bits per heavy atom. The molecular weight excluding hydrogens is 289 g/mol. The second kappa shape index (κ2) is 7.23. The summed E-state index contributed by atoms with van der Waals surface area (Å²) in [6, 6.07) is 12.1. The van der Waals surface area contributed by atoms with Crippen molar-refractivity contribution in [3.63, 3.8) is 0 Å². The van der Waals surface area contributed by atoms with Gasteiger partial charge in [-0.15, -0.1) is 0 Å². The predicted molar refractivity (Wildman–Crippen MR) is 84.2 cm³/mol. The first-order chi connectivity index (χ1) is 10.1. The summed E-state index contributed by atoms with van der Waals surface area (Å²) in [6.07, 6.45) is 2.03. The molecule has 110 valence electrons. The summed E-state index contributed by atoms with van der Waals surface area (Å²) in [6.45, 7) is 2.11. The third-order valence-electron chi connectivity index (χ3n) is 3.28. The van der Waals surface area contributed by atoms with Gasteiger partial charge in [-0.2, -0.15) is 0 Å². The number of hydrogen-bond donors (Lipinski definition) is 1. The van der Waals surface area contributed by atoms with Crippen molar-refractivity contribution >= 4 is 23.2 Å². The van der Waals surface area contributed by atoms with E-state index in [0.29, 0.717) is 18.5 Å². The van der Waals surface area contributed by atoms with Gasteiger partial charge in [-0.1, -0.05) is 42.8 Å². The third kappa shape index (κ3) is 4.57. The molecule has 2 aromatic rings. The van der Waals surface area contributed by atoms with E-state index in [9.17, 15) is 9.18 Å². The fraction of sp³-hybridized carbons (Fsp3) is 0.235. The van der Waals surface area contributed by atoms with Gasteiger partial charge in [0.15, 0.2) is 0 Å². The Morgan fingerprint density at radius 2 is 1.81 bits per heavy atom. The minimum absolute atomic E-state index is 0.136. The Morgan fingerprint density at radius 1 is 1.14 bits per heavy atom. The summed E-state index contributed by atoms with van der Waals surface area (Å²) in [5.74, 6) is -0.558. The van der Waals surface area contributed by atoms with E-state index in [1.165, 1.54) is 23.8 Å². The van der Waals surface area contributed by atoms with Crippen molar-refractivity contribution in [2.24, 2.45) is 0 Å². The lowest BCUT2D eigenvalue weighted by Gasteiger charge is -2.07. The van der Waals surface area contributed by atoms with Gasteiger partial charge in [-0.05, 0) is 42.2 Å². The molecule has 2 nitrogen and oxygen atoms in total. The van der Waals surface area contributed by atoms with E-state index < -0.39 is 5.82 Å². The molecule has 0 spiro atoms. The molecule has 0 aliphatic rings. The monoisotopic (exact) mass is 305 g/mol. The Bertz CT molecular complexity index is 625. The average molecular weight is 306 g/mol. The van der Waals surface area contributed by atoms with Crippen LogP contribution in [0, 0.1) is 5.82 Å². The van der Waals surface area contributed by atoms with E-state index in [0.717, 1.165) is 12.0 Å². The number of nitrogens with one attached hydrogen (secondary N) is 1. The van der Waals surface area contributed by atoms with Gasteiger partial charge in [0.05, 0.1) is 10.7 Å². The molecule has 0 aliphatic carbocycles. The van der Waals surface area contributed by atoms with E-state index in [4.69, 9.17) is 11.6 Å². The van der Waals surface area contributed by atoms with Crippen LogP contribution in [0.4, 0.5) is 10.1 Å². The summed E-state index contributed by atoms with van der Waals surface area (Å²) < 4.78 is 12.9. The molecule has 0 saturated carbocycles. The summed E-state index contributed by atoms with van der Waals surface area (Å²) in [5, 5.41) is 2.90. The first kappa shape index (κ1) is 15.5. The van der Waals surface area contributed by atoms with Gasteiger partial charge in [0, 0.05) is 6.42 Å². The summed E-state index contributed by atoms with van der Waals surface area (Å²) in [7, 11) is 0. The lowest BCUT2D eigenvalue weighted by molar-refractivity contribution is -0.116. The smallest absolute Gasteiger partial charge is 0.224 e. The van der Waals surface area contributed by atoms with Gasteiger partial charge in [0.2, 0.25) is 5.91 Å². The second-order valence-electron chi connectivity index (χ2n) is 4.84. The van der Waals surface area contributed by atoms with E-state index in [1.807, 2.05) is 12.1 Å². The molecule has 0 saturated heterocycles. The molecule has 0 unspecified atom stereocenters. The standard InChI is InChI=1S/C17H17ClFNO/c1-2-12-3-5-13(6-4-12)7-10-17(21)20-16-9-8-14(19)11-15(16)18/h3-6,8-9,11H,2,7,10H2,1H3,(H,20,21). The van der Waals surface area contributed by atoms with Crippen LogP contribution in [0.25, 0.3) is 0 Å². The summed E-state index contributed by atoms with van der Waals surface area (Å²) in [4.78, 5) is 11.9. The molecule has 4 heteroatoms. The SMILES string of the molecule is CCc1ccc(CCC(=O)Nc2ccc(F)cc2Cl)cc1. The zero-order valence-corrected chi connectivity index (χ0v) is 12.6. The quantitative estimate of drug-likeness (QED) is 0.858. The van der Waals surface area contributed by atoms with Crippen molar-refractivity contribution in [3.8, 4) is 0 Å². The van der Waals surface area contributed by atoms with Crippen molar-refractivity contribution in [1.82, 2.24) is 0 Å². The first-order valence-electron chi connectivity index (χ1n) is 6.91. The normalized spacial score (nSPS) is 10.4. The molecule has 0 radical (unpaired) electrons. The minimum Gasteiger partial charge on any atom is -0.325 e. The molecule has 1 amide bonds.